The highest BCUT2D eigenvalue weighted by Gasteiger charge is 2.57. The van der Waals surface area contributed by atoms with Crippen LogP contribution in [0.4, 0.5) is 0 Å². The molecule has 2 N–H and O–H groups in total. The maximum Gasteiger partial charge on any atom is 0.353 e. The maximum atomic E-state index is 12.2. The molecule has 10 heteroatoms. The number of thiocarbonyl (C=S) groups is 1. The smallest absolute Gasteiger partial charge is 0.353 e. The van der Waals surface area contributed by atoms with Crippen LogP contribution < -0.4 is 0 Å². The fourth-order valence-electron chi connectivity index (χ4n) is 3.36. The molecule has 0 aromatic rings. The number of carboxylic acid groups (broad SMARTS) is 1. The Kier molecular flexibility index (Phi) is 5.60. The minimum Gasteiger partial charge on any atom is -0.477 e. The van der Waals surface area contributed by atoms with Crippen molar-refractivity contribution in [2.75, 3.05) is 46.0 Å². The van der Waals surface area contributed by atoms with Crippen molar-refractivity contribution in [3.63, 3.8) is 0 Å². The van der Waals surface area contributed by atoms with Gasteiger partial charge < -0.3 is 19.6 Å². The number of carbonyl (C=O) groups excluding carboxylic acids is 1. The summed E-state index contributed by atoms with van der Waals surface area (Å²) in [4.78, 5) is 28.0. The molecule has 1 amide bonds. The number of quaternary nitrogens is 1. The van der Waals surface area contributed by atoms with E-state index in [4.69, 9.17) is 12.2 Å². The van der Waals surface area contributed by atoms with Crippen molar-refractivity contribution in [2.24, 2.45) is 5.92 Å². The number of aliphatic hydroxyl groups is 1. The predicted octanol–water partition coefficient (Wildman–Crippen LogP) is 0.605. The summed E-state index contributed by atoms with van der Waals surface area (Å²) in [5.41, 5.74) is 0.0497. The summed E-state index contributed by atoms with van der Waals surface area (Å²) in [6.45, 7) is 5.42. The van der Waals surface area contributed by atoms with Gasteiger partial charge >= 0.3 is 5.97 Å². The molecule has 0 aliphatic carbocycles. The van der Waals surface area contributed by atoms with E-state index >= 15 is 0 Å². The molecule has 3 aliphatic rings. The summed E-state index contributed by atoms with van der Waals surface area (Å²) in [6, 6.07) is 0. The van der Waals surface area contributed by atoms with E-state index in [9.17, 15) is 19.8 Å². The molecule has 0 radical (unpaired) electrons. The second-order valence-electron chi connectivity index (χ2n) is 7.48. The minimum atomic E-state index is -1.10. The molecule has 3 atom stereocenters. The summed E-state index contributed by atoms with van der Waals surface area (Å²) < 4.78 is 1.75. The molecule has 0 saturated carbocycles. The van der Waals surface area contributed by atoms with Gasteiger partial charge in [-0.15, -0.1) is 11.8 Å². The number of fused-ring (bicyclic) bond motifs is 1. The van der Waals surface area contributed by atoms with Crippen LogP contribution in [0, 0.1) is 5.92 Å². The number of amides is 1. The van der Waals surface area contributed by atoms with Crippen LogP contribution >= 0.6 is 35.7 Å². The Balaban J connectivity index is 1.63. The fraction of sp³-hybridized carbons (Fsp3) is 0.688. The number of piperazine rings is 1. The number of thioether (sulfide) groups is 2. The van der Waals surface area contributed by atoms with Crippen LogP contribution in [0.25, 0.3) is 0 Å². The van der Waals surface area contributed by atoms with Gasteiger partial charge in [-0.25, -0.2) is 4.79 Å². The molecular formula is C16H24N3O4S3+. The van der Waals surface area contributed by atoms with Crippen molar-refractivity contribution >= 4 is 51.9 Å². The average molecular weight is 419 g/mol. The predicted molar refractivity (Wildman–Crippen MR) is 107 cm³/mol. The first kappa shape index (κ1) is 19.9. The van der Waals surface area contributed by atoms with Crippen molar-refractivity contribution in [1.82, 2.24) is 9.80 Å². The Bertz CT molecular complexity index is 670. The third-order valence-electron chi connectivity index (χ3n) is 5.11. The summed E-state index contributed by atoms with van der Waals surface area (Å²) in [6.07, 6.45) is -0.783. The van der Waals surface area contributed by atoms with Gasteiger partial charge in [0.25, 0.3) is 0 Å². The van der Waals surface area contributed by atoms with E-state index in [1.807, 2.05) is 0 Å². The molecule has 0 spiro atoms. The highest BCUT2D eigenvalue weighted by molar-refractivity contribution is 8.23. The number of aliphatic carboxylic acids is 1. The minimum absolute atomic E-state index is 0.0497. The molecule has 26 heavy (non-hydrogen) atoms. The first-order valence-corrected chi connectivity index (χ1v) is 10.8. The van der Waals surface area contributed by atoms with Crippen molar-refractivity contribution in [3.05, 3.63) is 10.6 Å². The zero-order valence-corrected chi connectivity index (χ0v) is 17.5. The lowest BCUT2D eigenvalue weighted by Crippen LogP contribution is -2.60. The largest absolute Gasteiger partial charge is 0.477 e. The van der Waals surface area contributed by atoms with Crippen molar-refractivity contribution in [1.29, 1.82) is 0 Å². The van der Waals surface area contributed by atoms with Gasteiger partial charge in [0.05, 0.1) is 52.3 Å². The number of aliphatic hydroxyl groups excluding tert-OH is 1. The third kappa shape index (κ3) is 3.62. The van der Waals surface area contributed by atoms with Crippen molar-refractivity contribution in [3.8, 4) is 0 Å². The zero-order valence-electron chi connectivity index (χ0n) is 15.0. The highest BCUT2D eigenvalue weighted by Crippen LogP contribution is 2.51. The van der Waals surface area contributed by atoms with Crippen LogP contribution in [-0.2, 0) is 9.59 Å². The number of rotatable bonds is 4. The number of nitrogens with zero attached hydrogens (tertiary/aromatic N) is 3. The quantitative estimate of drug-likeness (QED) is 0.390. The molecule has 3 rings (SSSR count). The molecule has 0 unspecified atom stereocenters. The molecule has 3 aliphatic heterocycles. The topological polar surface area (TPSA) is 81.1 Å². The van der Waals surface area contributed by atoms with E-state index in [1.165, 1.54) is 28.4 Å². The number of carboxylic acids is 1. The number of hydrogen-bond donors (Lipinski definition) is 2. The second kappa shape index (κ2) is 7.31. The first-order valence-electron chi connectivity index (χ1n) is 8.50. The van der Waals surface area contributed by atoms with Crippen LogP contribution in [0.1, 0.15) is 6.92 Å². The highest BCUT2D eigenvalue weighted by atomic mass is 32.2. The molecule has 144 valence electrons. The third-order valence-corrected chi connectivity index (χ3v) is 8.21. The zero-order chi connectivity index (χ0) is 19.2. The Hall–Kier alpha value is -0.810. The SMILES string of the molecule is C[C@@H](O)[C@H]1C(=O)N2C(C(=O)O)=C(CSC(=S)N3CC[N+](C)(C)CC3)S[C@H]12. The van der Waals surface area contributed by atoms with Crippen molar-refractivity contribution in [2.45, 2.75) is 18.4 Å². The lowest BCUT2D eigenvalue weighted by molar-refractivity contribution is -0.893. The average Bonchev–Trinajstić information content (AvgIpc) is 2.86. The van der Waals surface area contributed by atoms with Gasteiger partial charge in [-0.2, -0.15) is 0 Å². The van der Waals surface area contributed by atoms with Crippen LogP contribution in [0.15, 0.2) is 10.6 Å². The Morgan fingerprint density at radius 1 is 1.42 bits per heavy atom. The molecule has 2 saturated heterocycles. The number of hydrogen-bond acceptors (Lipinski definition) is 6. The van der Waals surface area contributed by atoms with Gasteiger partial charge in [-0.3, -0.25) is 9.69 Å². The Morgan fingerprint density at radius 3 is 2.58 bits per heavy atom. The number of carbonyl (C=O) groups is 2. The van der Waals surface area contributed by atoms with Gasteiger partial charge in [0.2, 0.25) is 5.91 Å². The van der Waals surface area contributed by atoms with Gasteiger partial charge in [0.1, 0.15) is 15.4 Å². The normalized spacial score (nSPS) is 28.7. The summed E-state index contributed by atoms with van der Waals surface area (Å²) in [5.74, 6) is -1.51. The maximum absolute atomic E-state index is 12.2. The van der Waals surface area contributed by atoms with Gasteiger partial charge in [0.15, 0.2) is 0 Å². The van der Waals surface area contributed by atoms with Crippen LogP contribution in [0.5, 0.6) is 0 Å². The Morgan fingerprint density at radius 2 is 2.04 bits per heavy atom. The summed E-state index contributed by atoms with van der Waals surface area (Å²) in [5, 5.41) is 19.0. The lowest BCUT2D eigenvalue weighted by Gasteiger charge is -2.43. The fourth-order valence-corrected chi connectivity index (χ4v) is 6.32. The molecule has 7 nitrogen and oxygen atoms in total. The van der Waals surface area contributed by atoms with E-state index < -0.39 is 18.0 Å². The van der Waals surface area contributed by atoms with E-state index in [-0.39, 0.29) is 17.0 Å². The standard InChI is InChI=1S/C16H23N3O4S3/c1-9(20)11-13(21)18-12(15(22)23)10(26-14(11)18)8-25-16(24)17-4-6-19(2,3)7-5-17/h9,11,14,20H,4-8H2,1-3H3/p+1/t9-,11+,14-/m1/s1. The van der Waals surface area contributed by atoms with Gasteiger partial charge in [-0.05, 0) is 6.92 Å². The van der Waals surface area contributed by atoms with E-state index in [0.717, 1.165) is 35.0 Å². The summed E-state index contributed by atoms with van der Waals surface area (Å²) >= 11 is 8.35. The molecule has 0 aromatic carbocycles. The van der Waals surface area contributed by atoms with Crippen LogP contribution in [-0.4, -0.2) is 98.2 Å². The number of likely N-dealkylation sites (N-methyl/N-ethyl adjacent to an activating group) is 1. The molecule has 2 fully saturated rings. The molecule has 0 bridgehead atoms. The van der Waals surface area contributed by atoms with Gasteiger partial charge in [0, 0.05) is 10.7 Å². The molecule has 0 aromatic heterocycles. The van der Waals surface area contributed by atoms with E-state index in [2.05, 4.69) is 19.0 Å². The van der Waals surface area contributed by atoms with E-state index in [0.29, 0.717) is 10.7 Å². The monoisotopic (exact) mass is 418 g/mol. The second-order valence-corrected chi connectivity index (χ2v) is 10.3. The molecule has 3 heterocycles. The number of β-lactam (4-membered cyclic amide) rings is 1. The summed E-state index contributed by atoms with van der Waals surface area (Å²) in [7, 11) is 4.40. The van der Waals surface area contributed by atoms with E-state index in [1.54, 1.807) is 6.92 Å². The first-order chi connectivity index (χ1) is 12.1. The van der Waals surface area contributed by atoms with Crippen LogP contribution in [0.2, 0.25) is 0 Å². The lowest BCUT2D eigenvalue weighted by atomic mass is 9.92. The van der Waals surface area contributed by atoms with Gasteiger partial charge in [-0.1, -0.05) is 24.0 Å². The Labute approximate surface area is 167 Å². The van der Waals surface area contributed by atoms with Crippen LogP contribution in [0.3, 0.4) is 0 Å². The molecular weight excluding hydrogens is 394 g/mol. The van der Waals surface area contributed by atoms with Crippen molar-refractivity contribution < 1.29 is 24.3 Å².